The van der Waals surface area contributed by atoms with E-state index in [-0.39, 0.29) is 11.6 Å². The van der Waals surface area contributed by atoms with E-state index in [1.54, 1.807) is 6.07 Å². The Labute approximate surface area is 99.3 Å². The third-order valence-electron chi connectivity index (χ3n) is 1.40. The van der Waals surface area contributed by atoms with Crippen molar-refractivity contribution in [2.24, 2.45) is 0 Å². The number of alkyl halides is 1. The van der Waals surface area contributed by atoms with E-state index < -0.39 is 11.8 Å². The van der Waals surface area contributed by atoms with E-state index in [9.17, 15) is 9.59 Å². The lowest BCUT2D eigenvalue weighted by Gasteiger charge is -2.04. The lowest BCUT2D eigenvalue weighted by Crippen LogP contribution is -2.42. The maximum Gasteiger partial charge on any atom is 0.288 e. The predicted molar refractivity (Wildman–Crippen MR) is 58.3 cm³/mol. The molecule has 7 heteroatoms. The largest absolute Gasteiger partial charge is 0.288 e. The molecule has 1 aromatic heterocycles. The first-order valence-corrected chi connectivity index (χ1v) is 5.23. The zero-order valence-electron chi connectivity index (χ0n) is 7.46. The van der Waals surface area contributed by atoms with Gasteiger partial charge in [-0.3, -0.25) is 20.4 Å². The number of hydrogen-bond acceptors (Lipinski definition) is 3. The Kier molecular flexibility index (Phi) is 4.51. The normalized spacial score (nSPS) is 9.47. The van der Waals surface area contributed by atoms with E-state index >= 15 is 0 Å². The maximum absolute atomic E-state index is 11.3. The van der Waals surface area contributed by atoms with Gasteiger partial charge in [-0.15, -0.1) is 11.6 Å². The summed E-state index contributed by atoms with van der Waals surface area (Å²) in [6.07, 6.45) is 1.48. The Hall–Kier alpha value is -1.14. The average Bonchev–Trinajstić information content (AvgIpc) is 2.26. The van der Waals surface area contributed by atoms with E-state index in [1.165, 1.54) is 12.3 Å². The van der Waals surface area contributed by atoms with E-state index in [2.05, 4.69) is 31.8 Å². The molecular formula is C8H7BrClN3O2. The van der Waals surface area contributed by atoms with Crippen LogP contribution in [0.15, 0.2) is 22.8 Å². The molecule has 1 heterocycles. The monoisotopic (exact) mass is 291 g/mol. The van der Waals surface area contributed by atoms with E-state index in [1.807, 2.05) is 0 Å². The molecule has 0 radical (unpaired) electrons. The average molecular weight is 293 g/mol. The van der Waals surface area contributed by atoms with E-state index in [4.69, 9.17) is 11.6 Å². The summed E-state index contributed by atoms with van der Waals surface area (Å²) in [7, 11) is 0. The number of amides is 2. The first-order chi connectivity index (χ1) is 7.13. The summed E-state index contributed by atoms with van der Waals surface area (Å²) in [6.45, 7) is 0. The van der Waals surface area contributed by atoms with Crippen LogP contribution in [-0.2, 0) is 4.79 Å². The summed E-state index contributed by atoms with van der Waals surface area (Å²) < 4.78 is 0.767. The van der Waals surface area contributed by atoms with Gasteiger partial charge in [-0.1, -0.05) is 0 Å². The molecule has 0 aromatic carbocycles. The van der Waals surface area contributed by atoms with Crippen LogP contribution in [0.4, 0.5) is 0 Å². The Morgan fingerprint density at radius 2 is 2.13 bits per heavy atom. The minimum atomic E-state index is -0.499. The predicted octanol–water partition coefficient (Wildman–Crippen LogP) is 0.844. The van der Waals surface area contributed by atoms with Crippen molar-refractivity contribution in [3.8, 4) is 0 Å². The molecule has 0 aliphatic rings. The highest BCUT2D eigenvalue weighted by Gasteiger charge is 2.07. The van der Waals surface area contributed by atoms with Crippen LogP contribution in [0.5, 0.6) is 0 Å². The second-order valence-corrected chi connectivity index (χ2v) is 3.68. The molecule has 5 nitrogen and oxygen atoms in total. The molecule has 0 unspecified atom stereocenters. The zero-order valence-corrected chi connectivity index (χ0v) is 9.80. The highest BCUT2D eigenvalue weighted by atomic mass is 79.9. The molecule has 1 aromatic rings. The van der Waals surface area contributed by atoms with Gasteiger partial charge in [0.2, 0.25) is 0 Å². The van der Waals surface area contributed by atoms with Crippen molar-refractivity contribution < 1.29 is 9.59 Å². The fourth-order valence-electron chi connectivity index (χ4n) is 0.734. The molecule has 0 aliphatic carbocycles. The van der Waals surface area contributed by atoms with Gasteiger partial charge in [0.25, 0.3) is 11.8 Å². The molecule has 0 atom stereocenters. The zero-order chi connectivity index (χ0) is 11.3. The van der Waals surface area contributed by atoms with E-state index in [0.29, 0.717) is 0 Å². The van der Waals surface area contributed by atoms with Crippen molar-refractivity contribution in [3.63, 3.8) is 0 Å². The Morgan fingerprint density at radius 1 is 1.40 bits per heavy atom. The van der Waals surface area contributed by atoms with Gasteiger partial charge < -0.3 is 0 Å². The molecule has 2 N–H and O–H groups in total. The summed E-state index contributed by atoms with van der Waals surface area (Å²) in [5.41, 5.74) is 4.49. The number of pyridine rings is 1. The van der Waals surface area contributed by atoms with Crippen LogP contribution in [0, 0.1) is 0 Å². The van der Waals surface area contributed by atoms with Crippen LogP contribution in [0.2, 0.25) is 0 Å². The minimum absolute atomic E-state index is 0.202. The maximum atomic E-state index is 11.3. The molecule has 2 amide bonds. The van der Waals surface area contributed by atoms with Crippen molar-refractivity contribution in [1.29, 1.82) is 0 Å². The number of hydrogen-bond donors (Lipinski definition) is 2. The highest BCUT2D eigenvalue weighted by Crippen LogP contribution is 2.06. The Bertz CT molecular complexity index is 369. The number of nitrogens with zero attached hydrogens (tertiary/aromatic N) is 1. The Morgan fingerprint density at radius 3 is 2.67 bits per heavy atom. The molecule has 0 aliphatic heterocycles. The second-order valence-electron chi connectivity index (χ2n) is 2.50. The molecule has 80 valence electrons. The molecule has 0 fully saturated rings. The summed E-state index contributed by atoms with van der Waals surface area (Å²) in [5.74, 6) is -1.20. The van der Waals surface area contributed by atoms with Gasteiger partial charge in [0.15, 0.2) is 0 Å². The fraction of sp³-hybridized carbons (Fsp3) is 0.125. The van der Waals surface area contributed by atoms with Gasteiger partial charge in [0.1, 0.15) is 11.6 Å². The standard InChI is InChI=1S/C8H7BrClN3O2/c9-5-1-2-6(11-4-5)8(15)13-12-7(14)3-10/h1-2,4H,3H2,(H,12,14)(H,13,15). The second kappa shape index (κ2) is 5.67. The van der Waals surface area contributed by atoms with Gasteiger partial charge in [-0.2, -0.15) is 0 Å². The first-order valence-electron chi connectivity index (χ1n) is 3.90. The van der Waals surface area contributed by atoms with Gasteiger partial charge in [-0.05, 0) is 28.1 Å². The van der Waals surface area contributed by atoms with Crippen molar-refractivity contribution in [3.05, 3.63) is 28.5 Å². The molecule has 0 saturated carbocycles. The SMILES string of the molecule is O=C(CCl)NNC(=O)c1ccc(Br)cn1. The van der Waals surface area contributed by atoms with Gasteiger partial charge in [0, 0.05) is 10.7 Å². The van der Waals surface area contributed by atoms with E-state index in [0.717, 1.165) is 4.47 Å². The van der Waals surface area contributed by atoms with Crippen LogP contribution in [0.3, 0.4) is 0 Å². The third-order valence-corrected chi connectivity index (χ3v) is 2.11. The molecule has 15 heavy (non-hydrogen) atoms. The van der Waals surface area contributed by atoms with Gasteiger partial charge in [-0.25, -0.2) is 4.98 Å². The lowest BCUT2D eigenvalue weighted by atomic mass is 10.3. The lowest BCUT2D eigenvalue weighted by molar-refractivity contribution is -0.119. The summed E-state index contributed by atoms with van der Waals surface area (Å²) >= 11 is 8.40. The first kappa shape index (κ1) is 11.9. The number of carbonyl (C=O) groups is 2. The summed E-state index contributed by atoms with van der Waals surface area (Å²) in [6, 6.07) is 3.19. The number of halogens is 2. The van der Waals surface area contributed by atoms with Crippen molar-refractivity contribution in [2.75, 3.05) is 5.88 Å². The molecule has 0 bridgehead atoms. The number of rotatable bonds is 2. The Balaban J connectivity index is 2.54. The van der Waals surface area contributed by atoms with Crippen LogP contribution in [0.25, 0.3) is 0 Å². The summed E-state index contributed by atoms with van der Waals surface area (Å²) in [5, 5.41) is 0. The van der Waals surface area contributed by atoms with Gasteiger partial charge in [0.05, 0.1) is 0 Å². The van der Waals surface area contributed by atoms with Gasteiger partial charge >= 0.3 is 0 Å². The van der Waals surface area contributed by atoms with Crippen LogP contribution >= 0.6 is 27.5 Å². The number of hydrazine groups is 1. The third kappa shape index (κ3) is 3.85. The summed E-state index contributed by atoms with van der Waals surface area (Å²) in [4.78, 5) is 25.9. The fourth-order valence-corrected chi connectivity index (χ4v) is 1.04. The molecular weight excluding hydrogens is 285 g/mol. The topological polar surface area (TPSA) is 71.1 Å². The van der Waals surface area contributed by atoms with Crippen LogP contribution in [0.1, 0.15) is 10.5 Å². The molecule has 1 rings (SSSR count). The molecule has 0 saturated heterocycles. The quantitative estimate of drug-likeness (QED) is 0.627. The number of nitrogens with one attached hydrogen (secondary N) is 2. The highest BCUT2D eigenvalue weighted by molar-refractivity contribution is 9.10. The molecule has 0 spiro atoms. The smallest absolute Gasteiger partial charge is 0.272 e. The number of aromatic nitrogens is 1. The van der Waals surface area contributed by atoms with Crippen LogP contribution in [-0.4, -0.2) is 22.7 Å². The van der Waals surface area contributed by atoms with Crippen molar-refractivity contribution in [2.45, 2.75) is 0 Å². The van der Waals surface area contributed by atoms with Crippen LogP contribution < -0.4 is 10.9 Å². The van der Waals surface area contributed by atoms with Crippen molar-refractivity contribution in [1.82, 2.24) is 15.8 Å². The van der Waals surface area contributed by atoms with Crippen molar-refractivity contribution >= 4 is 39.3 Å². The number of carbonyl (C=O) groups excluding carboxylic acids is 2. The minimum Gasteiger partial charge on any atom is -0.272 e.